The summed E-state index contributed by atoms with van der Waals surface area (Å²) in [5.41, 5.74) is -4.53. The molecule has 2 aliphatic carbocycles. The van der Waals surface area contributed by atoms with Crippen molar-refractivity contribution in [2.45, 2.75) is 120 Å². The van der Waals surface area contributed by atoms with Crippen molar-refractivity contribution < 1.29 is 51.0 Å². The van der Waals surface area contributed by atoms with E-state index in [2.05, 4.69) is 15.0 Å². The van der Waals surface area contributed by atoms with Crippen molar-refractivity contribution in [2.75, 3.05) is 13.7 Å². The zero-order valence-electron chi connectivity index (χ0n) is 32.5. The number of nitrogens with one attached hydrogen (secondary N) is 2. The number of carbonyl (C=O) groups is 4. The van der Waals surface area contributed by atoms with Crippen LogP contribution in [0.25, 0.3) is 10.8 Å². The largest absolute Gasteiger partial charge is 0.494 e. The molecule has 6 rings (SSSR count). The Morgan fingerprint density at radius 2 is 1.84 bits per heavy atom. The summed E-state index contributed by atoms with van der Waals surface area (Å²) in [6.45, 7) is 7.11. The first-order valence-corrected chi connectivity index (χ1v) is 20.7. The highest BCUT2D eigenvalue weighted by atomic mass is 32.2. The van der Waals surface area contributed by atoms with Gasteiger partial charge in [-0.2, -0.15) is 8.78 Å². The van der Waals surface area contributed by atoms with Gasteiger partial charge < -0.3 is 24.8 Å². The Hall–Kier alpha value is -4.54. The number of allylic oxidation sites excluding steroid dienone is 1. The molecule has 0 spiro atoms. The van der Waals surface area contributed by atoms with E-state index in [0.29, 0.717) is 59.9 Å². The number of pyridine rings is 1. The predicted molar refractivity (Wildman–Crippen MR) is 202 cm³/mol. The fourth-order valence-corrected chi connectivity index (χ4v) is 9.71. The maximum Gasteiger partial charge on any atom is 0.408 e. The zero-order chi connectivity index (χ0) is 41.0. The van der Waals surface area contributed by atoms with Gasteiger partial charge in [-0.1, -0.05) is 50.6 Å². The summed E-state index contributed by atoms with van der Waals surface area (Å²) in [5, 5.41) is 13.0. The van der Waals surface area contributed by atoms with Gasteiger partial charge in [-0.3, -0.25) is 24.0 Å². The highest BCUT2D eigenvalue weighted by Gasteiger charge is 2.72. The Labute approximate surface area is 325 Å². The number of alkyl halides is 2. The molecule has 17 heteroatoms. The van der Waals surface area contributed by atoms with Gasteiger partial charge in [0.15, 0.2) is 11.6 Å². The van der Waals surface area contributed by atoms with Gasteiger partial charge in [-0.25, -0.2) is 18.2 Å². The summed E-state index contributed by atoms with van der Waals surface area (Å²) in [4.78, 5) is 62.3. The number of aromatic nitrogens is 1. The summed E-state index contributed by atoms with van der Waals surface area (Å²) in [5.74, 6) is -8.94. The van der Waals surface area contributed by atoms with Crippen LogP contribution in [0.3, 0.4) is 0 Å². The number of halogens is 2. The van der Waals surface area contributed by atoms with Crippen molar-refractivity contribution in [2.24, 2.45) is 17.8 Å². The second-order valence-electron chi connectivity index (χ2n) is 16.2. The Kier molecular flexibility index (Phi) is 11.1. The molecule has 1 aromatic carbocycles. The number of sulfonamides is 1. The minimum Gasteiger partial charge on any atom is -0.494 e. The van der Waals surface area contributed by atoms with Crippen LogP contribution in [0.1, 0.15) is 79.6 Å². The lowest BCUT2D eigenvalue weighted by molar-refractivity contribution is -0.163. The molecule has 2 aliphatic heterocycles. The average Bonchev–Trinajstić information content (AvgIpc) is 4.06. The van der Waals surface area contributed by atoms with Gasteiger partial charge in [0.2, 0.25) is 27.7 Å². The SMILES string of the molecule is CC[C@@H]1C[C@H](C)CC/C=C\[C@@H]2C[C@@]2(C(=O)NS(=O)(=O)C2CC2)NC(=O)[C@@H]2N(C[C@@](C)(Oc3ncc(OC)c4ccccc34)C2(F)F)C(=O)[C@H]1N(C(=O)O)C(C)C. The Balaban J connectivity index is 1.49. The Bertz CT molecular complexity index is 2030. The number of hydrogen-bond acceptors (Lipinski definition) is 9. The summed E-state index contributed by atoms with van der Waals surface area (Å²) >= 11 is 0. The third-order valence-corrected chi connectivity index (χ3v) is 13.6. The number of carbonyl (C=O) groups excluding carboxylic acids is 3. The zero-order valence-corrected chi connectivity index (χ0v) is 33.3. The molecule has 2 aromatic rings. The minimum atomic E-state index is -4.19. The third-order valence-electron chi connectivity index (χ3n) is 11.8. The molecule has 3 fully saturated rings. The smallest absolute Gasteiger partial charge is 0.408 e. The predicted octanol–water partition coefficient (Wildman–Crippen LogP) is 4.87. The van der Waals surface area contributed by atoms with E-state index in [4.69, 9.17) is 9.47 Å². The van der Waals surface area contributed by atoms with Crippen LogP contribution < -0.4 is 19.5 Å². The van der Waals surface area contributed by atoms with E-state index in [1.165, 1.54) is 13.3 Å². The molecule has 3 N–H and O–H groups in total. The van der Waals surface area contributed by atoms with Crippen LogP contribution in [0.15, 0.2) is 42.6 Å². The summed E-state index contributed by atoms with van der Waals surface area (Å²) < 4.78 is 74.4. The summed E-state index contributed by atoms with van der Waals surface area (Å²) in [6, 6.07) is 1.84. The molecular formula is C39H51F2N5O9S. The van der Waals surface area contributed by atoms with Crippen LogP contribution in [0, 0.1) is 17.8 Å². The van der Waals surface area contributed by atoms with E-state index in [1.807, 2.05) is 13.0 Å². The molecule has 306 valence electrons. The lowest BCUT2D eigenvalue weighted by Crippen LogP contribution is -2.63. The fraction of sp³-hybridized carbons (Fsp3) is 0.615. The maximum atomic E-state index is 17.5. The van der Waals surface area contributed by atoms with Gasteiger partial charge in [0, 0.05) is 22.7 Å². The van der Waals surface area contributed by atoms with Crippen molar-refractivity contribution in [3.63, 3.8) is 0 Å². The van der Waals surface area contributed by atoms with Crippen LogP contribution in [0.2, 0.25) is 0 Å². The van der Waals surface area contributed by atoms with Gasteiger partial charge in [0.05, 0.1) is 25.1 Å². The number of rotatable bonds is 9. The lowest BCUT2D eigenvalue weighted by Gasteiger charge is -2.40. The van der Waals surface area contributed by atoms with Crippen molar-refractivity contribution in [1.29, 1.82) is 0 Å². The van der Waals surface area contributed by atoms with Gasteiger partial charge in [-0.15, -0.1) is 0 Å². The van der Waals surface area contributed by atoms with Crippen molar-refractivity contribution in [1.82, 2.24) is 24.8 Å². The topological polar surface area (TPSA) is 185 Å². The molecule has 3 heterocycles. The number of nitrogens with zero attached hydrogens (tertiary/aromatic N) is 3. The second-order valence-corrected chi connectivity index (χ2v) is 18.2. The Morgan fingerprint density at radius 3 is 2.45 bits per heavy atom. The van der Waals surface area contributed by atoms with Gasteiger partial charge in [-0.05, 0) is 77.2 Å². The standard InChI is InChI=1S/C39H51F2N5O9S/c1-7-24-18-23(4)12-8-9-13-25-19-38(25,35(49)44-56(52,53)26-16-17-26)43-32(47)31-39(40,41)37(5,21-45(31)34(48)30(24)46(22(2)3)36(50)51)55-33-28-15-11-10-14-27(28)29(54-6)20-42-33/h9-11,13-15,20,22-26,30-31H,7-8,12,16-19,21H2,1-6H3,(H,43,47)(H,44,49)(H,50,51)/b13-9-/t23-,24-,25-,30+,31+,37-,38-/m1/s1. The number of methoxy groups -OCH3 is 1. The van der Waals surface area contributed by atoms with Gasteiger partial charge in [0.1, 0.15) is 17.3 Å². The quantitative estimate of drug-likeness (QED) is 0.296. The maximum absolute atomic E-state index is 17.5. The molecule has 4 aliphatic rings. The van der Waals surface area contributed by atoms with Crippen molar-refractivity contribution in [3.8, 4) is 11.6 Å². The number of amides is 4. The average molecular weight is 804 g/mol. The van der Waals surface area contributed by atoms with E-state index in [0.717, 1.165) is 11.8 Å². The lowest BCUT2D eigenvalue weighted by atomic mass is 9.83. The molecule has 1 aromatic heterocycles. The second kappa shape index (κ2) is 15.1. The molecule has 2 saturated carbocycles. The van der Waals surface area contributed by atoms with Crippen molar-refractivity contribution in [3.05, 3.63) is 42.6 Å². The van der Waals surface area contributed by atoms with Crippen LogP contribution in [-0.2, 0) is 24.4 Å². The van der Waals surface area contributed by atoms with Gasteiger partial charge >= 0.3 is 12.0 Å². The van der Waals surface area contributed by atoms with Crippen LogP contribution in [0.5, 0.6) is 11.6 Å². The molecule has 0 unspecified atom stereocenters. The molecule has 56 heavy (non-hydrogen) atoms. The molecule has 7 atom stereocenters. The number of fused-ring (bicyclic) bond motifs is 3. The molecule has 1 saturated heterocycles. The highest BCUT2D eigenvalue weighted by molar-refractivity contribution is 7.91. The van der Waals surface area contributed by atoms with Crippen LogP contribution >= 0.6 is 0 Å². The van der Waals surface area contributed by atoms with Crippen LogP contribution in [-0.4, -0.2) is 106 Å². The molecule has 0 radical (unpaired) electrons. The molecule has 4 amide bonds. The Morgan fingerprint density at radius 1 is 1.16 bits per heavy atom. The normalized spacial score (nSPS) is 31.3. The van der Waals surface area contributed by atoms with Gasteiger partial charge in [0.25, 0.3) is 5.91 Å². The summed E-state index contributed by atoms with van der Waals surface area (Å²) in [6.07, 6.45) is 5.87. The molecule has 0 bridgehead atoms. The van der Waals surface area contributed by atoms with E-state index < -0.39 is 92.7 Å². The minimum absolute atomic E-state index is 0.0395. The molecule has 14 nitrogen and oxygen atoms in total. The first kappa shape index (κ1) is 41.1. The first-order chi connectivity index (χ1) is 26.3. The highest BCUT2D eigenvalue weighted by Crippen LogP contribution is 2.50. The van der Waals surface area contributed by atoms with E-state index in [9.17, 15) is 27.9 Å². The summed E-state index contributed by atoms with van der Waals surface area (Å²) in [7, 11) is -2.66. The molecular weight excluding hydrogens is 753 g/mol. The number of carboxylic acid groups (broad SMARTS) is 1. The number of ether oxygens (including phenoxy) is 2. The third kappa shape index (κ3) is 7.38. The number of hydrogen-bond donors (Lipinski definition) is 3. The first-order valence-electron chi connectivity index (χ1n) is 19.2. The number of benzene rings is 1. The monoisotopic (exact) mass is 803 g/mol. The van der Waals surface area contributed by atoms with E-state index in [-0.39, 0.29) is 18.2 Å². The van der Waals surface area contributed by atoms with Crippen LogP contribution in [0.4, 0.5) is 13.6 Å². The van der Waals surface area contributed by atoms with Crippen molar-refractivity contribution >= 4 is 44.6 Å². The fourth-order valence-electron chi connectivity index (χ4n) is 8.34. The van der Waals surface area contributed by atoms with E-state index >= 15 is 13.6 Å². The van der Waals surface area contributed by atoms with E-state index in [1.54, 1.807) is 51.1 Å².